The van der Waals surface area contributed by atoms with E-state index in [0.29, 0.717) is 5.69 Å². The van der Waals surface area contributed by atoms with Gasteiger partial charge in [0.15, 0.2) is 5.54 Å². The molecule has 72 valence electrons. The van der Waals surface area contributed by atoms with Crippen molar-refractivity contribution < 1.29 is 0 Å². The van der Waals surface area contributed by atoms with Crippen molar-refractivity contribution in [1.82, 2.24) is 20.6 Å². The number of azo groups is 1. The van der Waals surface area contributed by atoms with Crippen LogP contribution in [0.1, 0.15) is 19.5 Å². The first-order valence-electron chi connectivity index (χ1n) is 3.96. The Hall–Kier alpha value is -1.24. The largest absolute Gasteiger partial charge is 0.170 e. The molecular formula is C7H7BrN6. The number of hydrogen-bond donors (Lipinski definition) is 0. The molecule has 0 N–H and O–H groups in total. The van der Waals surface area contributed by atoms with Crippen LogP contribution in [0.3, 0.4) is 0 Å². The molecule has 1 aromatic heterocycles. The Bertz CT molecular complexity index is 413. The number of allylic oxidation sites excluding steroid dienone is 1. The third-order valence-corrected chi connectivity index (χ3v) is 3.41. The van der Waals surface area contributed by atoms with Gasteiger partial charge in [0.05, 0.1) is 16.4 Å². The van der Waals surface area contributed by atoms with Crippen molar-refractivity contribution in [2.75, 3.05) is 0 Å². The number of nitrogens with zero attached hydrogens (tertiary/aromatic N) is 6. The second-order valence-corrected chi connectivity index (χ2v) is 3.87. The van der Waals surface area contributed by atoms with Crippen LogP contribution in [0.5, 0.6) is 0 Å². The summed E-state index contributed by atoms with van der Waals surface area (Å²) in [6, 6.07) is 0. The van der Waals surface area contributed by atoms with Gasteiger partial charge in [-0.25, -0.2) is 0 Å². The van der Waals surface area contributed by atoms with Gasteiger partial charge in [-0.1, -0.05) is 15.9 Å². The molecule has 2 heterocycles. The number of aromatic nitrogens is 4. The molecule has 0 spiro atoms. The van der Waals surface area contributed by atoms with Gasteiger partial charge in [-0.15, -0.1) is 10.2 Å². The van der Waals surface area contributed by atoms with Crippen molar-refractivity contribution in [2.24, 2.45) is 10.2 Å². The summed E-state index contributed by atoms with van der Waals surface area (Å²) in [5, 5.41) is 22.5. The zero-order valence-electron chi connectivity index (χ0n) is 7.64. The average Bonchev–Trinajstić information content (AvgIpc) is 2.49. The van der Waals surface area contributed by atoms with E-state index in [1.807, 2.05) is 13.8 Å². The third-order valence-electron chi connectivity index (χ3n) is 2.07. The fourth-order valence-electron chi connectivity index (χ4n) is 1.20. The zero-order chi connectivity index (χ0) is 10.2. The molecule has 7 heteroatoms. The molecule has 0 amide bonds. The van der Waals surface area contributed by atoms with E-state index in [0.717, 1.165) is 10.2 Å². The van der Waals surface area contributed by atoms with Crippen molar-refractivity contribution in [1.29, 1.82) is 0 Å². The van der Waals surface area contributed by atoms with E-state index in [1.165, 1.54) is 6.20 Å². The van der Waals surface area contributed by atoms with Crippen LogP contribution in [0.4, 0.5) is 0 Å². The van der Waals surface area contributed by atoms with E-state index < -0.39 is 5.54 Å². The molecule has 1 unspecified atom stereocenters. The predicted octanol–water partition coefficient (Wildman–Crippen LogP) is 1.57. The lowest BCUT2D eigenvalue weighted by atomic mass is 9.99. The van der Waals surface area contributed by atoms with Crippen molar-refractivity contribution >= 4 is 15.9 Å². The second kappa shape index (κ2) is 3.16. The highest BCUT2D eigenvalue weighted by Gasteiger charge is 2.37. The summed E-state index contributed by atoms with van der Waals surface area (Å²) >= 11 is 3.44. The lowest BCUT2D eigenvalue weighted by Gasteiger charge is -2.17. The molecule has 14 heavy (non-hydrogen) atoms. The molecular weight excluding hydrogens is 248 g/mol. The lowest BCUT2D eigenvalue weighted by Crippen LogP contribution is -2.20. The van der Waals surface area contributed by atoms with Crippen LogP contribution in [0.15, 0.2) is 26.6 Å². The molecule has 0 saturated carbocycles. The molecule has 2 rings (SSSR count). The fraction of sp³-hybridized carbons (Fsp3) is 0.429. The van der Waals surface area contributed by atoms with Crippen molar-refractivity contribution in [2.45, 2.75) is 19.4 Å². The highest BCUT2D eigenvalue weighted by Crippen LogP contribution is 2.42. The Labute approximate surface area is 88.7 Å². The van der Waals surface area contributed by atoms with Gasteiger partial charge < -0.3 is 0 Å². The summed E-state index contributed by atoms with van der Waals surface area (Å²) in [6.45, 7) is 3.77. The topological polar surface area (TPSA) is 76.3 Å². The molecule has 0 aliphatic carbocycles. The molecule has 1 aromatic rings. The van der Waals surface area contributed by atoms with Gasteiger partial charge in [-0.2, -0.15) is 10.2 Å². The molecule has 1 atom stereocenters. The van der Waals surface area contributed by atoms with Crippen molar-refractivity contribution in [3.63, 3.8) is 0 Å². The quantitative estimate of drug-likeness (QED) is 0.763. The molecule has 1 aliphatic heterocycles. The maximum absolute atomic E-state index is 4.13. The van der Waals surface area contributed by atoms with E-state index in [4.69, 9.17) is 0 Å². The standard InChI is InChI=1S/C7H7BrN6/c1-4-6(8)7(2,12-10-4)5-3-9-13-14-11-5/h3H,1-2H3. The molecule has 6 nitrogen and oxygen atoms in total. The van der Waals surface area contributed by atoms with Crippen LogP contribution in [0, 0.1) is 0 Å². The van der Waals surface area contributed by atoms with Crippen LogP contribution < -0.4 is 0 Å². The van der Waals surface area contributed by atoms with E-state index in [-0.39, 0.29) is 0 Å². The number of hydrogen-bond acceptors (Lipinski definition) is 6. The van der Waals surface area contributed by atoms with Crippen LogP contribution in [-0.2, 0) is 5.54 Å². The van der Waals surface area contributed by atoms with Gasteiger partial charge in [0, 0.05) is 0 Å². The van der Waals surface area contributed by atoms with Gasteiger partial charge in [0.1, 0.15) is 5.69 Å². The van der Waals surface area contributed by atoms with E-state index in [2.05, 4.69) is 46.8 Å². The second-order valence-electron chi connectivity index (χ2n) is 3.08. The fourth-order valence-corrected chi connectivity index (χ4v) is 1.56. The zero-order valence-corrected chi connectivity index (χ0v) is 9.22. The van der Waals surface area contributed by atoms with Crippen molar-refractivity contribution in [3.05, 3.63) is 22.1 Å². The SMILES string of the molecule is CC1=C(Br)C(C)(c2cnnnn2)N=N1. The molecule has 0 saturated heterocycles. The molecule has 0 fully saturated rings. The highest BCUT2D eigenvalue weighted by molar-refractivity contribution is 9.11. The van der Waals surface area contributed by atoms with E-state index in [9.17, 15) is 0 Å². The van der Waals surface area contributed by atoms with Gasteiger partial charge in [0.25, 0.3) is 0 Å². The van der Waals surface area contributed by atoms with Gasteiger partial charge >= 0.3 is 0 Å². The first-order valence-corrected chi connectivity index (χ1v) is 4.75. The first kappa shape index (κ1) is 9.32. The Morgan fingerprint density at radius 3 is 2.64 bits per heavy atom. The minimum atomic E-state index is -0.604. The molecule has 0 radical (unpaired) electrons. The molecule has 0 aromatic carbocycles. The normalized spacial score (nSPS) is 25.9. The van der Waals surface area contributed by atoms with E-state index >= 15 is 0 Å². The van der Waals surface area contributed by atoms with Crippen LogP contribution in [0.25, 0.3) is 0 Å². The van der Waals surface area contributed by atoms with Gasteiger partial charge in [-0.3, -0.25) is 0 Å². The minimum absolute atomic E-state index is 0.604. The lowest BCUT2D eigenvalue weighted by molar-refractivity contribution is 0.557. The van der Waals surface area contributed by atoms with Crippen molar-refractivity contribution in [3.8, 4) is 0 Å². The maximum atomic E-state index is 4.13. The predicted molar refractivity (Wildman–Crippen MR) is 51.5 cm³/mol. The summed E-state index contributed by atoms with van der Waals surface area (Å²) < 4.78 is 0.882. The smallest absolute Gasteiger partial charge is 0.157 e. The van der Waals surface area contributed by atoms with Gasteiger partial charge in [0.2, 0.25) is 0 Å². The Morgan fingerprint density at radius 2 is 2.14 bits per heavy atom. The minimum Gasteiger partial charge on any atom is -0.170 e. The third kappa shape index (κ3) is 1.24. The number of halogens is 1. The molecule has 0 bridgehead atoms. The monoisotopic (exact) mass is 254 g/mol. The summed E-state index contributed by atoms with van der Waals surface area (Å²) in [5.74, 6) is 0. The van der Waals surface area contributed by atoms with E-state index in [1.54, 1.807) is 0 Å². The van der Waals surface area contributed by atoms with Crippen LogP contribution in [0.2, 0.25) is 0 Å². The summed E-state index contributed by atoms with van der Waals surface area (Å²) in [4.78, 5) is 0. The Morgan fingerprint density at radius 1 is 1.36 bits per heavy atom. The molecule has 1 aliphatic rings. The highest BCUT2D eigenvalue weighted by atomic mass is 79.9. The Balaban J connectivity index is 2.51. The number of rotatable bonds is 1. The summed E-state index contributed by atoms with van der Waals surface area (Å²) in [5.41, 5.74) is 0.860. The average molecular weight is 255 g/mol. The van der Waals surface area contributed by atoms with Crippen LogP contribution >= 0.6 is 15.9 Å². The summed E-state index contributed by atoms with van der Waals surface area (Å²) in [7, 11) is 0. The van der Waals surface area contributed by atoms with Gasteiger partial charge in [-0.05, 0) is 24.3 Å². The Kier molecular flexibility index (Phi) is 2.10. The summed E-state index contributed by atoms with van der Waals surface area (Å²) in [6.07, 6.45) is 1.53. The van der Waals surface area contributed by atoms with Crippen LogP contribution in [-0.4, -0.2) is 20.6 Å². The maximum Gasteiger partial charge on any atom is 0.157 e. The first-order chi connectivity index (χ1) is 6.64.